The zero-order valence-electron chi connectivity index (χ0n) is 18.0. The molecule has 1 aromatic heterocycles. The lowest BCUT2D eigenvalue weighted by Crippen LogP contribution is -2.62. The van der Waals surface area contributed by atoms with Crippen molar-refractivity contribution >= 4 is 12.0 Å². The predicted octanol–water partition coefficient (Wildman–Crippen LogP) is 1.51. The molecule has 2 aliphatic heterocycles. The third-order valence-corrected chi connectivity index (χ3v) is 6.52. The number of aromatic nitrogens is 2. The maximum atomic E-state index is 12.7. The summed E-state index contributed by atoms with van der Waals surface area (Å²) in [5, 5.41) is 15.0. The molecule has 7 nitrogen and oxygen atoms in total. The average Bonchev–Trinajstić information content (AvgIpc) is 2.88. The van der Waals surface area contributed by atoms with Crippen molar-refractivity contribution in [3.05, 3.63) is 23.0 Å². The van der Waals surface area contributed by atoms with E-state index in [1.165, 1.54) is 0 Å². The summed E-state index contributed by atoms with van der Waals surface area (Å²) in [7, 11) is 5.92. The van der Waals surface area contributed by atoms with Crippen LogP contribution in [-0.2, 0) is 16.6 Å². The molecule has 28 heavy (non-hydrogen) atoms. The van der Waals surface area contributed by atoms with Gasteiger partial charge in [0.05, 0.1) is 17.9 Å². The minimum Gasteiger partial charge on any atom is -0.386 e. The Bertz CT molecular complexity index is 758. The SMILES string of the molecule is Cc1nn(C)c(C)c1/C=C/C(=O)N1CCC2(CC1)C[C@H](N(C)C)[C@@](C)(O)CO2. The van der Waals surface area contributed by atoms with Gasteiger partial charge in [-0.3, -0.25) is 9.48 Å². The number of nitrogens with zero attached hydrogens (tertiary/aromatic N) is 4. The van der Waals surface area contributed by atoms with E-state index < -0.39 is 5.60 Å². The first-order chi connectivity index (χ1) is 13.0. The minimum atomic E-state index is -0.843. The number of aliphatic hydroxyl groups is 1. The van der Waals surface area contributed by atoms with Gasteiger partial charge < -0.3 is 19.6 Å². The number of likely N-dealkylation sites (N-methyl/N-ethyl adjacent to an activating group) is 1. The molecule has 0 saturated carbocycles. The molecule has 1 spiro atoms. The quantitative estimate of drug-likeness (QED) is 0.793. The molecular weight excluding hydrogens is 356 g/mol. The summed E-state index contributed by atoms with van der Waals surface area (Å²) >= 11 is 0. The molecule has 1 aromatic rings. The van der Waals surface area contributed by atoms with E-state index in [2.05, 4.69) is 10.00 Å². The normalized spacial score (nSPS) is 27.9. The zero-order chi connectivity index (χ0) is 20.7. The molecule has 2 atom stereocenters. The van der Waals surface area contributed by atoms with Gasteiger partial charge in [0.25, 0.3) is 0 Å². The van der Waals surface area contributed by atoms with E-state index >= 15 is 0 Å². The lowest BCUT2D eigenvalue weighted by atomic mass is 9.77. The van der Waals surface area contributed by atoms with Crippen molar-refractivity contribution in [2.75, 3.05) is 33.8 Å². The van der Waals surface area contributed by atoms with Gasteiger partial charge in [-0.05, 0) is 60.2 Å². The van der Waals surface area contributed by atoms with Crippen LogP contribution in [0.25, 0.3) is 6.08 Å². The number of carbonyl (C=O) groups excluding carboxylic acids is 1. The Hall–Kier alpha value is -1.70. The van der Waals surface area contributed by atoms with Gasteiger partial charge in [0.1, 0.15) is 5.60 Å². The monoisotopic (exact) mass is 390 g/mol. The van der Waals surface area contributed by atoms with Crippen molar-refractivity contribution in [3.8, 4) is 0 Å². The van der Waals surface area contributed by atoms with Crippen molar-refractivity contribution < 1.29 is 14.6 Å². The number of rotatable bonds is 3. The first kappa shape index (κ1) is 21.0. The van der Waals surface area contributed by atoms with Gasteiger partial charge in [-0.2, -0.15) is 5.10 Å². The number of carbonyl (C=O) groups is 1. The predicted molar refractivity (Wildman–Crippen MR) is 109 cm³/mol. The second-order valence-corrected chi connectivity index (χ2v) is 8.88. The number of aryl methyl sites for hydroxylation is 2. The third kappa shape index (κ3) is 4.02. The smallest absolute Gasteiger partial charge is 0.246 e. The Labute approximate surface area is 167 Å². The first-order valence-electron chi connectivity index (χ1n) is 10.0. The lowest BCUT2D eigenvalue weighted by Gasteiger charge is -2.52. The fourth-order valence-corrected chi connectivity index (χ4v) is 4.54. The number of ether oxygens (including phenoxy) is 1. The number of hydrogen-bond acceptors (Lipinski definition) is 5. The highest BCUT2D eigenvalue weighted by molar-refractivity contribution is 5.92. The Morgan fingerprint density at radius 3 is 2.50 bits per heavy atom. The highest BCUT2D eigenvalue weighted by atomic mass is 16.5. The van der Waals surface area contributed by atoms with E-state index in [4.69, 9.17) is 4.74 Å². The second kappa shape index (κ2) is 7.61. The van der Waals surface area contributed by atoms with Crippen LogP contribution in [-0.4, -0.2) is 81.6 Å². The van der Waals surface area contributed by atoms with Gasteiger partial charge in [0.15, 0.2) is 0 Å². The van der Waals surface area contributed by atoms with Crippen LogP contribution in [0.5, 0.6) is 0 Å². The van der Waals surface area contributed by atoms with E-state index in [0.717, 1.165) is 36.2 Å². The van der Waals surface area contributed by atoms with Gasteiger partial charge in [-0.25, -0.2) is 0 Å². The minimum absolute atomic E-state index is 0.0319. The van der Waals surface area contributed by atoms with E-state index in [1.807, 2.05) is 57.6 Å². The van der Waals surface area contributed by atoms with Crippen molar-refractivity contribution in [2.24, 2.45) is 7.05 Å². The molecule has 0 bridgehead atoms. The molecule has 2 saturated heterocycles. The van der Waals surface area contributed by atoms with Gasteiger partial charge >= 0.3 is 0 Å². The molecule has 3 rings (SSSR count). The number of amides is 1. The molecule has 2 aliphatic rings. The molecule has 2 fully saturated rings. The molecule has 156 valence electrons. The highest BCUT2D eigenvalue weighted by Crippen LogP contribution is 2.39. The Balaban J connectivity index is 1.62. The van der Waals surface area contributed by atoms with Crippen LogP contribution in [0.3, 0.4) is 0 Å². The van der Waals surface area contributed by atoms with Gasteiger partial charge in [0.2, 0.25) is 5.91 Å². The summed E-state index contributed by atoms with van der Waals surface area (Å²) in [6, 6.07) is 0.0555. The van der Waals surface area contributed by atoms with E-state index in [-0.39, 0.29) is 17.6 Å². The lowest BCUT2D eigenvalue weighted by molar-refractivity contribution is -0.206. The van der Waals surface area contributed by atoms with E-state index in [9.17, 15) is 9.90 Å². The maximum Gasteiger partial charge on any atom is 0.246 e. The molecule has 1 amide bonds. The number of piperidine rings is 1. The molecule has 7 heteroatoms. The Morgan fingerprint density at radius 1 is 1.32 bits per heavy atom. The standard InChI is InChI=1S/C21H34N4O3/c1-15-17(16(2)24(6)22-15)7-8-19(26)25-11-9-21(10-12-25)13-18(23(4)5)20(3,27)14-28-21/h7-8,18,27H,9-14H2,1-6H3/b8-7+/t18-,20-/m0/s1. The van der Waals surface area contributed by atoms with Crippen LogP contribution in [0, 0.1) is 13.8 Å². The maximum absolute atomic E-state index is 12.7. The molecular formula is C21H34N4O3. The largest absolute Gasteiger partial charge is 0.386 e. The highest BCUT2D eigenvalue weighted by Gasteiger charge is 2.49. The summed E-state index contributed by atoms with van der Waals surface area (Å²) < 4.78 is 7.98. The van der Waals surface area contributed by atoms with Crippen LogP contribution >= 0.6 is 0 Å². The molecule has 0 aliphatic carbocycles. The van der Waals surface area contributed by atoms with Crippen LogP contribution in [0.4, 0.5) is 0 Å². The summed E-state index contributed by atoms with van der Waals surface area (Å²) in [5.41, 5.74) is 1.91. The van der Waals surface area contributed by atoms with Crippen LogP contribution in [0.1, 0.15) is 43.1 Å². The van der Waals surface area contributed by atoms with Gasteiger partial charge in [0, 0.05) is 43.5 Å². The third-order valence-electron chi connectivity index (χ3n) is 6.52. The molecule has 3 heterocycles. The van der Waals surface area contributed by atoms with Crippen molar-refractivity contribution in [2.45, 2.75) is 57.3 Å². The fourth-order valence-electron chi connectivity index (χ4n) is 4.54. The Kier molecular flexibility index (Phi) is 5.71. The topological polar surface area (TPSA) is 70.8 Å². The van der Waals surface area contributed by atoms with Crippen molar-refractivity contribution in [1.29, 1.82) is 0 Å². The summed E-state index contributed by atoms with van der Waals surface area (Å²) in [5.74, 6) is 0.0319. The fraction of sp³-hybridized carbons (Fsp3) is 0.714. The van der Waals surface area contributed by atoms with E-state index in [1.54, 1.807) is 6.08 Å². The van der Waals surface area contributed by atoms with Crippen LogP contribution in [0.15, 0.2) is 6.08 Å². The second-order valence-electron chi connectivity index (χ2n) is 8.88. The Morgan fingerprint density at radius 2 is 1.96 bits per heavy atom. The molecule has 0 aromatic carbocycles. The van der Waals surface area contributed by atoms with Crippen LogP contribution in [0.2, 0.25) is 0 Å². The van der Waals surface area contributed by atoms with Crippen molar-refractivity contribution in [1.82, 2.24) is 19.6 Å². The number of hydrogen-bond donors (Lipinski definition) is 1. The van der Waals surface area contributed by atoms with E-state index in [0.29, 0.717) is 19.7 Å². The molecule has 1 N–H and O–H groups in total. The summed E-state index contributed by atoms with van der Waals surface area (Å²) in [6.45, 7) is 7.50. The summed E-state index contributed by atoms with van der Waals surface area (Å²) in [6.07, 6.45) is 5.93. The van der Waals surface area contributed by atoms with Crippen LogP contribution < -0.4 is 0 Å². The average molecular weight is 391 g/mol. The van der Waals surface area contributed by atoms with Crippen molar-refractivity contribution in [3.63, 3.8) is 0 Å². The zero-order valence-corrected chi connectivity index (χ0v) is 18.0. The molecule has 0 unspecified atom stereocenters. The van der Waals surface area contributed by atoms with Gasteiger partial charge in [-0.15, -0.1) is 0 Å². The summed E-state index contributed by atoms with van der Waals surface area (Å²) in [4.78, 5) is 16.6. The first-order valence-corrected chi connectivity index (χ1v) is 10.0. The van der Waals surface area contributed by atoms with Gasteiger partial charge in [-0.1, -0.05) is 0 Å². The molecule has 0 radical (unpaired) electrons. The number of likely N-dealkylation sites (tertiary alicyclic amines) is 1.